The van der Waals surface area contributed by atoms with Crippen LogP contribution in [0.5, 0.6) is 0 Å². The summed E-state index contributed by atoms with van der Waals surface area (Å²) in [6.07, 6.45) is 1.43. The van der Waals surface area contributed by atoms with Gasteiger partial charge < -0.3 is 10.7 Å². The van der Waals surface area contributed by atoms with Crippen LogP contribution in [0.25, 0.3) is 0 Å². The number of halogens is 1. The molecule has 2 aromatic rings. The molecule has 7 heteroatoms. The number of hydrazine groups is 1. The van der Waals surface area contributed by atoms with Crippen molar-refractivity contribution in [3.05, 3.63) is 44.7 Å². The van der Waals surface area contributed by atoms with Crippen molar-refractivity contribution in [2.45, 2.75) is 13.5 Å². The van der Waals surface area contributed by atoms with Gasteiger partial charge in [0, 0.05) is 12.7 Å². The maximum Gasteiger partial charge on any atom is 0.253 e. The van der Waals surface area contributed by atoms with Gasteiger partial charge in [-0.15, -0.1) is 0 Å². The number of aromatic nitrogens is 1. The first-order chi connectivity index (χ1) is 9.11. The number of carbonyl (C=O) groups is 1. The Morgan fingerprint density at radius 3 is 2.89 bits per heavy atom. The number of thiophene rings is 1. The third kappa shape index (κ3) is 3.23. The lowest BCUT2D eigenvalue weighted by Crippen LogP contribution is -2.23. The Balaban J connectivity index is 2.04. The summed E-state index contributed by atoms with van der Waals surface area (Å²) in [6, 6.07) is 1.53. The summed E-state index contributed by atoms with van der Waals surface area (Å²) in [4.78, 5) is 15.9. The molecule has 0 saturated heterocycles. The molecule has 4 N–H and O–H groups in total. The van der Waals surface area contributed by atoms with E-state index < -0.39 is 0 Å². The first-order valence-corrected chi connectivity index (χ1v) is 6.86. The van der Waals surface area contributed by atoms with Gasteiger partial charge in [0.1, 0.15) is 0 Å². The van der Waals surface area contributed by atoms with Gasteiger partial charge in [-0.2, -0.15) is 11.3 Å². The van der Waals surface area contributed by atoms with Crippen LogP contribution >= 0.6 is 22.9 Å². The molecule has 2 heterocycles. The first-order valence-electron chi connectivity index (χ1n) is 5.54. The zero-order valence-electron chi connectivity index (χ0n) is 10.2. The largest absolute Gasteiger partial charge is 0.348 e. The number of hydrogen-bond acceptors (Lipinski definition) is 5. The maximum absolute atomic E-state index is 11.9. The van der Waals surface area contributed by atoms with E-state index in [0.717, 1.165) is 5.56 Å². The van der Waals surface area contributed by atoms with Crippen LogP contribution in [0, 0.1) is 6.92 Å². The Kier molecular flexibility index (Phi) is 4.36. The molecule has 2 rings (SSSR count). The highest BCUT2D eigenvalue weighted by Crippen LogP contribution is 2.19. The van der Waals surface area contributed by atoms with Crippen molar-refractivity contribution in [3.63, 3.8) is 0 Å². The number of nitrogens with two attached hydrogens (primary N) is 1. The standard InChI is InChI=1S/C12H13ClN4OS/c1-7-5-19-6-9(7)4-16-12(18)8-2-10(13)11(17-14)15-3-8/h2-3,5-6H,4,14H2,1H3,(H,15,17)(H,16,18). The summed E-state index contributed by atoms with van der Waals surface area (Å²) in [7, 11) is 0. The number of anilines is 1. The van der Waals surface area contributed by atoms with Gasteiger partial charge in [0.05, 0.1) is 10.6 Å². The van der Waals surface area contributed by atoms with Gasteiger partial charge in [0.15, 0.2) is 5.82 Å². The lowest BCUT2D eigenvalue weighted by molar-refractivity contribution is 0.0950. The topological polar surface area (TPSA) is 80.0 Å². The summed E-state index contributed by atoms with van der Waals surface area (Å²) in [5, 5.41) is 7.19. The predicted octanol–water partition coefficient (Wildman–Crippen LogP) is 2.32. The molecular weight excluding hydrogens is 284 g/mol. The molecule has 0 spiro atoms. The van der Waals surface area contributed by atoms with E-state index in [0.29, 0.717) is 22.9 Å². The molecule has 5 nitrogen and oxygen atoms in total. The van der Waals surface area contributed by atoms with Crippen molar-refractivity contribution in [2.75, 3.05) is 5.43 Å². The van der Waals surface area contributed by atoms with E-state index in [1.54, 1.807) is 11.3 Å². The smallest absolute Gasteiger partial charge is 0.253 e. The third-order valence-electron chi connectivity index (χ3n) is 2.64. The Morgan fingerprint density at radius 1 is 1.53 bits per heavy atom. The van der Waals surface area contributed by atoms with Gasteiger partial charge in [-0.05, 0) is 34.9 Å². The fourth-order valence-electron chi connectivity index (χ4n) is 1.51. The monoisotopic (exact) mass is 296 g/mol. The number of aryl methyl sites for hydroxylation is 1. The van der Waals surface area contributed by atoms with E-state index in [1.807, 2.05) is 17.7 Å². The van der Waals surface area contributed by atoms with Gasteiger partial charge in [-0.1, -0.05) is 11.6 Å². The molecule has 0 atom stereocenters. The molecule has 0 unspecified atom stereocenters. The Bertz CT molecular complexity index is 599. The second-order valence-corrected chi connectivity index (χ2v) is 5.11. The van der Waals surface area contributed by atoms with Crippen LogP contribution in [0.3, 0.4) is 0 Å². The highest BCUT2D eigenvalue weighted by molar-refractivity contribution is 7.08. The highest BCUT2D eigenvalue weighted by Gasteiger charge is 2.10. The maximum atomic E-state index is 11.9. The van der Waals surface area contributed by atoms with Crippen LogP contribution in [0.4, 0.5) is 5.82 Å². The van der Waals surface area contributed by atoms with Gasteiger partial charge in [0.25, 0.3) is 5.91 Å². The molecule has 0 fully saturated rings. The number of nitrogens with one attached hydrogen (secondary N) is 2. The Hall–Kier alpha value is -1.63. The normalized spacial score (nSPS) is 10.3. The van der Waals surface area contributed by atoms with E-state index >= 15 is 0 Å². The van der Waals surface area contributed by atoms with E-state index in [-0.39, 0.29) is 5.91 Å². The van der Waals surface area contributed by atoms with Crippen LogP contribution in [0.15, 0.2) is 23.0 Å². The molecule has 0 aromatic carbocycles. The van der Waals surface area contributed by atoms with Crippen molar-refractivity contribution in [1.29, 1.82) is 0 Å². The minimum Gasteiger partial charge on any atom is -0.348 e. The third-order valence-corrected chi connectivity index (χ3v) is 3.84. The van der Waals surface area contributed by atoms with Crippen LogP contribution in [-0.2, 0) is 6.54 Å². The average molecular weight is 297 g/mol. The average Bonchev–Trinajstić information content (AvgIpc) is 2.81. The lowest BCUT2D eigenvalue weighted by atomic mass is 10.2. The fraction of sp³-hybridized carbons (Fsp3) is 0.167. The summed E-state index contributed by atoms with van der Waals surface area (Å²) < 4.78 is 0. The molecule has 2 aromatic heterocycles. The van der Waals surface area contributed by atoms with E-state index in [1.165, 1.54) is 17.8 Å². The first kappa shape index (κ1) is 13.8. The summed E-state index contributed by atoms with van der Waals surface area (Å²) >= 11 is 7.53. The summed E-state index contributed by atoms with van der Waals surface area (Å²) in [5.41, 5.74) is 5.03. The summed E-state index contributed by atoms with van der Waals surface area (Å²) in [5.74, 6) is 5.34. The molecule has 0 radical (unpaired) electrons. The Morgan fingerprint density at radius 2 is 2.32 bits per heavy atom. The second-order valence-electron chi connectivity index (χ2n) is 3.96. The highest BCUT2D eigenvalue weighted by atomic mass is 35.5. The molecule has 0 aliphatic heterocycles. The van der Waals surface area contributed by atoms with Gasteiger partial charge in [0.2, 0.25) is 0 Å². The van der Waals surface area contributed by atoms with Gasteiger partial charge in [-0.3, -0.25) is 4.79 Å². The minimum atomic E-state index is -0.219. The van der Waals surface area contributed by atoms with E-state index in [2.05, 4.69) is 15.7 Å². The molecule has 0 saturated carbocycles. The zero-order chi connectivity index (χ0) is 13.8. The number of nitrogen functional groups attached to an aromatic ring is 1. The SMILES string of the molecule is Cc1cscc1CNC(=O)c1cnc(NN)c(Cl)c1. The number of rotatable bonds is 4. The fourth-order valence-corrected chi connectivity index (χ4v) is 2.59. The lowest BCUT2D eigenvalue weighted by Gasteiger charge is -2.07. The number of nitrogens with zero attached hydrogens (tertiary/aromatic N) is 1. The number of hydrogen-bond donors (Lipinski definition) is 3. The number of pyridine rings is 1. The van der Waals surface area contributed by atoms with Crippen molar-refractivity contribution in [1.82, 2.24) is 10.3 Å². The van der Waals surface area contributed by atoms with Crippen LogP contribution in [0.1, 0.15) is 21.5 Å². The van der Waals surface area contributed by atoms with Crippen molar-refractivity contribution >= 4 is 34.7 Å². The molecule has 1 amide bonds. The quantitative estimate of drug-likeness (QED) is 0.597. The summed E-state index contributed by atoms with van der Waals surface area (Å²) in [6.45, 7) is 2.50. The van der Waals surface area contributed by atoms with Crippen LogP contribution in [-0.4, -0.2) is 10.9 Å². The van der Waals surface area contributed by atoms with Crippen molar-refractivity contribution in [3.8, 4) is 0 Å². The molecule has 0 bridgehead atoms. The number of carbonyl (C=O) groups excluding carboxylic acids is 1. The zero-order valence-corrected chi connectivity index (χ0v) is 11.8. The van der Waals surface area contributed by atoms with Gasteiger partial charge >= 0.3 is 0 Å². The molecule has 0 aliphatic rings. The predicted molar refractivity (Wildman–Crippen MR) is 77.3 cm³/mol. The van der Waals surface area contributed by atoms with Crippen LogP contribution < -0.4 is 16.6 Å². The van der Waals surface area contributed by atoms with Crippen molar-refractivity contribution < 1.29 is 4.79 Å². The number of amides is 1. The van der Waals surface area contributed by atoms with Gasteiger partial charge in [-0.25, -0.2) is 10.8 Å². The Labute approximate surface area is 119 Å². The molecule has 100 valence electrons. The van der Waals surface area contributed by atoms with Crippen LogP contribution in [0.2, 0.25) is 5.02 Å². The van der Waals surface area contributed by atoms with E-state index in [9.17, 15) is 4.79 Å². The van der Waals surface area contributed by atoms with Crippen molar-refractivity contribution in [2.24, 2.45) is 5.84 Å². The molecule has 19 heavy (non-hydrogen) atoms. The molecule has 0 aliphatic carbocycles. The minimum absolute atomic E-state index is 0.219. The van der Waals surface area contributed by atoms with E-state index in [4.69, 9.17) is 17.4 Å². The molecular formula is C12H13ClN4OS. The second kappa shape index (κ2) is 6.01.